The van der Waals surface area contributed by atoms with E-state index in [0.29, 0.717) is 12.2 Å². The van der Waals surface area contributed by atoms with Crippen molar-refractivity contribution in [1.82, 2.24) is 14.9 Å². The Kier molecular flexibility index (Phi) is 6.79. The highest BCUT2D eigenvalue weighted by atomic mass is 32.1. The van der Waals surface area contributed by atoms with Crippen LogP contribution in [0.4, 0.5) is 11.4 Å². The highest BCUT2D eigenvalue weighted by molar-refractivity contribution is 7.17. The van der Waals surface area contributed by atoms with Crippen molar-refractivity contribution in [2.45, 2.75) is 6.92 Å². The second-order valence-electron chi connectivity index (χ2n) is 10.2. The van der Waals surface area contributed by atoms with E-state index in [9.17, 15) is 9.59 Å². The maximum atomic E-state index is 12.3. The number of aromatic amines is 1. The predicted octanol–water partition coefficient (Wildman–Crippen LogP) is 6.52. The molecule has 0 saturated carbocycles. The normalized spacial score (nSPS) is 12.7. The molecule has 0 saturated heterocycles. The summed E-state index contributed by atoms with van der Waals surface area (Å²) in [6.07, 6.45) is 5.68. The summed E-state index contributed by atoms with van der Waals surface area (Å²) in [7, 11) is 3.72. The first-order valence-electron chi connectivity index (χ1n) is 13.1. The predicted molar refractivity (Wildman–Crippen MR) is 164 cm³/mol. The molecule has 0 atom stereocenters. The van der Waals surface area contributed by atoms with Gasteiger partial charge in [-0.1, -0.05) is 24.3 Å². The number of H-pyrrole nitrogens is 1. The third-order valence-corrected chi connectivity index (χ3v) is 8.12. The number of anilines is 2. The fraction of sp³-hybridized carbons (Fsp3) is 0.156. The summed E-state index contributed by atoms with van der Waals surface area (Å²) in [6.45, 7) is 2.64. The van der Waals surface area contributed by atoms with Gasteiger partial charge in [-0.3, -0.25) is 14.6 Å². The van der Waals surface area contributed by atoms with E-state index in [1.807, 2.05) is 49.5 Å². The monoisotopic (exact) mass is 547 g/mol. The van der Waals surface area contributed by atoms with Gasteiger partial charge in [-0.25, -0.2) is 0 Å². The number of benzene rings is 2. The van der Waals surface area contributed by atoms with Gasteiger partial charge in [0.05, 0.1) is 23.3 Å². The molecule has 7 nitrogen and oxygen atoms in total. The average molecular weight is 548 g/mol. The van der Waals surface area contributed by atoms with E-state index >= 15 is 0 Å². The molecule has 0 spiro atoms. The van der Waals surface area contributed by atoms with Crippen LogP contribution in [0.25, 0.3) is 38.0 Å². The van der Waals surface area contributed by atoms with Crippen molar-refractivity contribution >= 4 is 50.9 Å². The zero-order valence-corrected chi connectivity index (χ0v) is 23.4. The molecule has 0 radical (unpaired) electrons. The van der Waals surface area contributed by atoms with Gasteiger partial charge in [0.15, 0.2) is 5.78 Å². The Bertz CT molecular complexity index is 1800. The first-order valence-corrected chi connectivity index (χ1v) is 13.9. The number of pyridine rings is 1. The van der Waals surface area contributed by atoms with Gasteiger partial charge in [0.25, 0.3) is 0 Å². The molecular formula is C32H29N5O2S. The zero-order valence-electron chi connectivity index (χ0n) is 22.5. The summed E-state index contributed by atoms with van der Waals surface area (Å²) in [5.41, 5.74) is 9.07. The molecule has 3 N–H and O–H groups in total. The van der Waals surface area contributed by atoms with Gasteiger partial charge in [0, 0.05) is 62.2 Å². The summed E-state index contributed by atoms with van der Waals surface area (Å²) >= 11 is 1.53. The molecule has 200 valence electrons. The highest BCUT2D eigenvalue weighted by Crippen LogP contribution is 2.39. The van der Waals surface area contributed by atoms with Crippen LogP contribution in [0.15, 0.2) is 79.1 Å². The van der Waals surface area contributed by atoms with Crippen molar-refractivity contribution in [1.29, 1.82) is 0 Å². The lowest BCUT2D eigenvalue weighted by molar-refractivity contribution is -0.116. The second kappa shape index (κ2) is 10.6. The molecule has 4 heterocycles. The Morgan fingerprint density at radius 3 is 2.67 bits per heavy atom. The van der Waals surface area contributed by atoms with E-state index in [-0.39, 0.29) is 11.7 Å². The van der Waals surface area contributed by atoms with Crippen LogP contribution in [0.1, 0.15) is 27.9 Å². The number of carbonyl (C=O) groups is 2. The number of rotatable bonds is 7. The van der Waals surface area contributed by atoms with E-state index in [0.717, 1.165) is 66.4 Å². The summed E-state index contributed by atoms with van der Waals surface area (Å²) in [5.74, 6) is 0.00388. The van der Waals surface area contributed by atoms with Gasteiger partial charge in [0.2, 0.25) is 5.91 Å². The Morgan fingerprint density at radius 2 is 1.88 bits per heavy atom. The number of nitrogens with zero attached hydrogens (tertiary/aromatic N) is 2. The van der Waals surface area contributed by atoms with Gasteiger partial charge in [0.1, 0.15) is 0 Å². The van der Waals surface area contributed by atoms with Crippen LogP contribution in [0.3, 0.4) is 0 Å². The molecule has 2 aromatic carbocycles. The van der Waals surface area contributed by atoms with Gasteiger partial charge in [-0.05, 0) is 69.0 Å². The Balaban J connectivity index is 1.35. The van der Waals surface area contributed by atoms with Crippen molar-refractivity contribution in [2.75, 3.05) is 37.8 Å². The van der Waals surface area contributed by atoms with Crippen LogP contribution in [-0.4, -0.2) is 53.7 Å². The lowest BCUT2D eigenvalue weighted by atomic mass is 9.93. The van der Waals surface area contributed by atoms with Crippen LogP contribution in [-0.2, 0) is 4.79 Å². The third kappa shape index (κ3) is 5.06. The minimum absolute atomic E-state index is 0.0814. The molecule has 0 bridgehead atoms. The molecule has 1 aliphatic rings. The number of fused-ring (bicyclic) bond motifs is 2. The largest absolute Gasteiger partial charge is 0.381 e. The van der Waals surface area contributed by atoms with Crippen LogP contribution in [0.2, 0.25) is 0 Å². The van der Waals surface area contributed by atoms with Crippen LogP contribution in [0, 0.1) is 0 Å². The van der Waals surface area contributed by atoms with E-state index in [1.165, 1.54) is 11.3 Å². The first kappa shape index (κ1) is 25.7. The number of amides is 1. The molecule has 40 heavy (non-hydrogen) atoms. The van der Waals surface area contributed by atoms with Gasteiger partial charge in [-0.15, -0.1) is 11.3 Å². The van der Waals surface area contributed by atoms with E-state index in [2.05, 4.69) is 63.1 Å². The first-order chi connectivity index (χ1) is 19.4. The number of nitrogens with one attached hydrogen (secondary N) is 3. The Hall–Kier alpha value is -4.53. The fourth-order valence-electron chi connectivity index (χ4n) is 5.07. The molecule has 0 aliphatic carbocycles. The number of aromatic nitrogens is 2. The van der Waals surface area contributed by atoms with Gasteiger partial charge >= 0.3 is 0 Å². The fourth-order valence-corrected chi connectivity index (χ4v) is 6.01. The maximum absolute atomic E-state index is 12.3. The van der Waals surface area contributed by atoms with Crippen molar-refractivity contribution < 1.29 is 9.59 Å². The molecule has 1 aliphatic heterocycles. The summed E-state index contributed by atoms with van der Waals surface area (Å²) < 4.78 is 0. The van der Waals surface area contributed by atoms with Gasteiger partial charge < -0.3 is 20.5 Å². The Morgan fingerprint density at radius 1 is 1.00 bits per heavy atom. The zero-order chi connectivity index (χ0) is 27.8. The van der Waals surface area contributed by atoms with E-state index in [1.54, 1.807) is 13.1 Å². The molecule has 5 aromatic rings. The van der Waals surface area contributed by atoms with E-state index in [4.69, 9.17) is 0 Å². The Labute approximate surface area is 236 Å². The topological polar surface area (TPSA) is 90.1 Å². The third-order valence-electron chi connectivity index (χ3n) is 6.90. The minimum atomic E-state index is -0.0814. The van der Waals surface area contributed by atoms with Crippen molar-refractivity contribution in [3.63, 3.8) is 0 Å². The molecule has 6 rings (SSSR count). The number of thiophene rings is 1. The number of Topliss-reactive ketones (excluding diaryl/α,β-unsaturated/α-hetero) is 1. The van der Waals surface area contributed by atoms with Crippen molar-refractivity contribution in [3.8, 4) is 21.6 Å². The van der Waals surface area contributed by atoms with Crippen LogP contribution >= 0.6 is 11.3 Å². The summed E-state index contributed by atoms with van der Waals surface area (Å²) in [6, 6.07) is 20.7. The number of likely N-dealkylation sites (N-methyl/N-ethyl adjacent to an activating group) is 1. The maximum Gasteiger partial charge on any atom is 0.238 e. The SMILES string of the molecule is CC(=O)c1ccc(-c2cccc3[nH]c(C4=CCNc5ccc(-c6cncc(NC(=O)CN(C)C)c6)cc54)cc23)s1. The second-order valence-corrected chi connectivity index (χ2v) is 11.3. The van der Waals surface area contributed by atoms with Crippen molar-refractivity contribution in [2.24, 2.45) is 0 Å². The lowest BCUT2D eigenvalue weighted by Gasteiger charge is -2.20. The minimum Gasteiger partial charge on any atom is -0.381 e. The number of hydrogen-bond donors (Lipinski definition) is 3. The quantitative estimate of drug-likeness (QED) is 0.202. The van der Waals surface area contributed by atoms with Crippen molar-refractivity contribution in [3.05, 3.63) is 95.3 Å². The van der Waals surface area contributed by atoms with Crippen LogP contribution in [0.5, 0.6) is 0 Å². The summed E-state index contributed by atoms with van der Waals surface area (Å²) in [4.78, 5) is 35.8. The van der Waals surface area contributed by atoms with E-state index < -0.39 is 0 Å². The molecule has 0 unspecified atom stereocenters. The van der Waals surface area contributed by atoms with Gasteiger partial charge in [-0.2, -0.15) is 0 Å². The highest BCUT2D eigenvalue weighted by Gasteiger charge is 2.19. The lowest BCUT2D eigenvalue weighted by Crippen LogP contribution is -2.27. The average Bonchev–Trinajstić information content (AvgIpc) is 3.60. The molecule has 1 amide bonds. The summed E-state index contributed by atoms with van der Waals surface area (Å²) in [5, 5.41) is 7.54. The molecular weight excluding hydrogens is 518 g/mol. The standard InChI is InChI=1S/C32H29N5O2S/c1-19(38)30-9-10-31(40-30)24-5-4-6-28-26(24)15-29(36-28)23-11-12-34-27-8-7-20(14-25(23)27)21-13-22(17-33-16-21)35-32(39)18-37(2)3/h4-11,13-17,34,36H,12,18H2,1-3H3,(H,35,39). The number of ketones is 1. The molecule has 0 fully saturated rings. The van der Waals surface area contributed by atoms with Crippen LogP contribution < -0.4 is 10.6 Å². The number of hydrogen-bond acceptors (Lipinski definition) is 6. The number of carbonyl (C=O) groups excluding carboxylic acids is 2. The smallest absolute Gasteiger partial charge is 0.238 e. The molecule has 3 aromatic heterocycles. The molecule has 8 heteroatoms.